The van der Waals surface area contributed by atoms with Gasteiger partial charge in [0, 0.05) is 25.5 Å². The Hall–Kier alpha value is -0.930. The highest BCUT2D eigenvalue weighted by Gasteiger charge is 2.19. The Labute approximate surface area is 105 Å². The number of nitrogens with zero attached hydrogens (tertiary/aromatic N) is 2. The third-order valence-electron chi connectivity index (χ3n) is 2.87. The molecule has 1 heterocycles. The zero-order valence-corrected chi connectivity index (χ0v) is 11.3. The van der Waals surface area contributed by atoms with Crippen molar-refractivity contribution < 1.29 is 0 Å². The molecule has 1 rings (SSSR count). The second-order valence-corrected chi connectivity index (χ2v) is 5.44. The molecule has 0 atom stereocenters. The van der Waals surface area contributed by atoms with Crippen LogP contribution in [0.1, 0.15) is 32.8 Å². The summed E-state index contributed by atoms with van der Waals surface area (Å²) in [6, 6.07) is 4.12. The normalized spacial score (nSPS) is 12.1. The average Bonchev–Trinajstić information content (AvgIpc) is 2.30. The molecule has 0 bridgehead atoms. The van der Waals surface area contributed by atoms with E-state index < -0.39 is 0 Å². The molecule has 0 saturated carbocycles. The van der Waals surface area contributed by atoms with Gasteiger partial charge >= 0.3 is 0 Å². The molecular weight excluding hydrogens is 210 g/mol. The van der Waals surface area contributed by atoms with Gasteiger partial charge in [-0.2, -0.15) is 0 Å². The summed E-state index contributed by atoms with van der Waals surface area (Å²) in [5.74, 6) is 0. The Morgan fingerprint density at radius 1 is 1.41 bits per heavy atom. The van der Waals surface area contributed by atoms with Crippen LogP contribution >= 0.6 is 0 Å². The van der Waals surface area contributed by atoms with Gasteiger partial charge in [0.15, 0.2) is 0 Å². The monoisotopic (exact) mass is 235 g/mol. The topological polar surface area (TPSA) is 42.2 Å². The first-order valence-corrected chi connectivity index (χ1v) is 6.39. The maximum Gasteiger partial charge on any atom is 0.0312 e. The van der Waals surface area contributed by atoms with Gasteiger partial charge in [-0.25, -0.2) is 0 Å². The van der Waals surface area contributed by atoms with Gasteiger partial charge in [0.2, 0.25) is 0 Å². The van der Waals surface area contributed by atoms with Crippen LogP contribution in [0.25, 0.3) is 0 Å². The molecule has 0 aromatic carbocycles. The molecule has 1 aromatic heterocycles. The molecule has 96 valence electrons. The molecule has 3 heteroatoms. The molecule has 0 spiro atoms. The van der Waals surface area contributed by atoms with Crippen LogP contribution in [0.2, 0.25) is 0 Å². The third kappa shape index (κ3) is 5.29. The van der Waals surface area contributed by atoms with E-state index in [1.54, 1.807) is 0 Å². The minimum atomic E-state index is 0.178. The molecule has 1 aromatic rings. The van der Waals surface area contributed by atoms with Gasteiger partial charge < -0.3 is 5.73 Å². The van der Waals surface area contributed by atoms with E-state index >= 15 is 0 Å². The van der Waals surface area contributed by atoms with Crippen LogP contribution in [0, 0.1) is 5.41 Å². The summed E-state index contributed by atoms with van der Waals surface area (Å²) in [4.78, 5) is 6.63. The summed E-state index contributed by atoms with van der Waals surface area (Å²) >= 11 is 0. The maximum absolute atomic E-state index is 5.81. The second-order valence-electron chi connectivity index (χ2n) is 5.44. The molecule has 3 nitrogen and oxygen atoms in total. The van der Waals surface area contributed by atoms with Crippen molar-refractivity contribution in [2.75, 3.05) is 19.6 Å². The van der Waals surface area contributed by atoms with Crippen LogP contribution in [0.3, 0.4) is 0 Å². The van der Waals surface area contributed by atoms with E-state index in [-0.39, 0.29) is 5.41 Å². The molecule has 0 aliphatic carbocycles. The van der Waals surface area contributed by atoms with E-state index in [4.69, 9.17) is 5.73 Å². The van der Waals surface area contributed by atoms with Crippen molar-refractivity contribution in [3.05, 3.63) is 30.1 Å². The molecule has 0 radical (unpaired) electrons. The van der Waals surface area contributed by atoms with Gasteiger partial charge in [-0.15, -0.1) is 0 Å². The van der Waals surface area contributed by atoms with Crippen molar-refractivity contribution >= 4 is 0 Å². The van der Waals surface area contributed by atoms with Crippen molar-refractivity contribution in [3.8, 4) is 0 Å². The summed E-state index contributed by atoms with van der Waals surface area (Å²) in [7, 11) is 0. The zero-order valence-electron chi connectivity index (χ0n) is 11.3. The highest BCUT2D eigenvalue weighted by Crippen LogP contribution is 2.16. The lowest BCUT2D eigenvalue weighted by molar-refractivity contribution is 0.176. The van der Waals surface area contributed by atoms with Gasteiger partial charge in [0.05, 0.1) is 0 Å². The average molecular weight is 235 g/mol. The lowest BCUT2D eigenvalue weighted by Gasteiger charge is -2.31. The highest BCUT2D eigenvalue weighted by molar-refractivity contribution is 5.08. The van der Waals surface area contributed by atoms with Crippen molar-refractivity contribution in [2.24, 2.45) is 11.1 Å². The van der Waals surface area contributed by atoms with Crippen LogP contribution < -0.4 is 5.73 Å². The van der Waals surface area contributed by atoms with E-state index in [0.717, 1.165) is 26.2 Å². The number of aromatic nitrogens is 1. The largest absolute Gasteiger partial charge is 0.330 e. The fraction of sp³-hybridized carbons (Fsp3) is 0.643. The van der Waals surface area contributed by atoms with E-state index in [1.807, 2.05) is 18.5 Å². The number of pyridine rings is 1. The van der Waals surface area contributed by atoms with Gasteiger partial charge in [-0.3, -0.25) is 9.88 Å². The summed E-state index contributed by atoms with van der Waals surface area (Å²) in [6.45, 7) is 10.5. The predicted octanol–water partition coefficient (Wildman–Crippen LogP) is 2.28. The minimum Gasteiger partial charge on any atom is -0.330 e. The van der Waals surface area contributed by atoms with Crippen LogP contribution in [0.4, 0.5) is 0 Å². The number of hydrogen-bond acceptors (Lipinski definition) is 3. The SMILES string of the molecule is CCCN(Cc1cccnc1)CC(C)(C)CN. The lowest BCUT2D eigenvalue weighted by Crippen LogP contribution is -2.38. The first-order chi connectivity index (χ1) is 8.07. The molecule has 0 unspecified atom stereocenters. The molecule has 0 saturated heterocycles. The Balaban J connectivity index is 2.60. The Morgan fingerprint density at radius 3 is 2.71 bits per heavy atom. The van der Waals surface area contributed by atoms with E-state index in [0.29, 0.717) is 0 Å². The van der Waals surface area contributed by atoms with Crippen molar-refractivity contribution in [2.45, 2.75) is 33.7 Å². The fourth-order valence-electron chi connectivity index (χ4n) is 1.95. The summed E-state index contributed by atoms with van der Waals surface area (Å²) < 4.78 is 0. The molecule has 17 heavy (non-hydrogen) atoms. The van der Waals surface area contributed by atoms with E-state index in [1.165, 1.54) is 12.0 Å². The van der Waals surface area contributed by atoms with Gasteiger partial charge in [0.25, 0.3) is 0 Å². The van der Waals surface area contributed by atoms with Gasteiger partial charge in [-0.1, -0.05) is 26.8 Å². The molecule has 0 aliphatic heterocycles. The molecule has 0 aliphatic rings. The zero-order chi connectivity index (χ0) is 12.7. The Bertz CT molecular complexity index is 309. The van der Waals surface area contributed by atoms with Crippen LogP contribution in [-0.2, 0) is 6.54 Å². The maximum atomic E-state index is 5.81. The van der Waals surface area contributed by atoms with E-state index in [9.17, 15) is 0 Å². The van der Waals surface area contributed by atoms with Crippen LogP contribution in [0.5, 0.6) is 0 Å². The van der Waals surface area contributed by atoms with Gasteiger partial charge in [-0.05, 0) is 36.6 Å². The number of hydrogen-bond donors (Lipinski definition) is 1. The van der Waals surface area contributed by atoms with Crippen molar-refractivity contribution in [3.63, 3.8) is 0 Å². The summed E-state index contributed by atoms with van der Waals surface area (Å²) in [5.41, 5.74) is 7.26. The molecule has 0 amide bonds. The molecular formula is C14H25N3. The van der Waals surface area contributed by atoms with Crippen molar-refractivity contribution in [1.29, 1.82) is 0 Å². The highest BCUT2D eigenvalue weighted by atomic mass is 15.1. The fourth-order valence-corrected chi connectivity index (χ4v) is 1.95. The predicted molar refractivity (Wildman–Crippen MR) is 72.6 cm³/mol. The number of nitrogens with two attached hydrogens (primary N) is 1. The third-order valence-corrected chi connectivity index (χ3v) is 2.87. The molecule has 2 N–H and O–H groups in total. The standard InChI is InChI=1S/C14H25N3/c1-4-8-17(12-14(2,3)11-15)10-13-6-5-7-16-9-13/h5-7,9H,4,8,10-12,15H2,1-3H3. The van der Waals surface area contributed by atoms with Crippen molar-refractivity contribution in [1.82, 2.24) is 9.88 Å². The Kier molecular flexibility index (Phi) is 5.59. The lowest BCUT2D eigenvalue weighted by atomic mass is 9.93. The first kappa shape index (κ1) is 14.1. The van der Waals surface area contributed by atoms with Crippen LogP contribution in [0.15, 0.2) is 24.5 Å². The van der Waals surface area contributed by atoms with E-state index in [2.05, 4.69) is 36.7 Å². The molecule has 0 fully saturated rings. The quantitative estimate of drug-likeness (QED) is 0.788. The number of rotatable bonds is 7. The van der Waals surface area contributed by atoms with Crippen LogP contribution in [-0.4, -0.2) is 29.5 Å². The summed E-state index contributed by atoms with van der Waals surface area (Å²) in [5, 5.41) is 0. The minimum absolute atomic E-state index is 0.178. The van der Waals surface area contributed by atoms with Gasteiger partial charge in [0.1, 0.15) is 0 Å². The summed E-state index contributed by atoms with van der Waals surface area (Å²) in [6.07, 6.45) is 4.93. The first-order valence-electron chi connectivity index (χ1n) is 6.39. The smallest absolute Gasteiger partial charge is 0.0312 e. The Morgan fingerprint density at radius 2 is 2.18 bits per heavy atom. The second kappa shape index (κ2) is 6.72.